The van der Waals surface area contributed by atoms with Gasteiger partial charge in [0.2, 0.25) is 5.91 Å². The Hall–Kier alpha value is -1.62. The highest BCUT2D eigenvalue weighted by atomic mass is 32.1. The summed E-state index contributed by atoms with van der Waals surface area (Å²) >= 11 is 5.10. The number of hydrogen-bond donors (Lipinski definition) is 3. The van der Waals surface area contributed by atoms with Gasteiger partial charge in [0.1, 0.15) is 0 Å². The van der Waals surface area contributed by atoms with Crippen LogP contribution in [0, 0.1) is 0 Å². The number of carbonyl (C=O) groups excluding carboxylic acids is 1. The molecule has 1 rings (SSSR count). The Morgan fingerprint density at radius 1 is 1.10 bits per heavy atom. The number of nitrogens with one attached hydrogen (secondary N) is 3. The summed E-state index contributed by atoms with van der Waals surface area (Å²) in [5.74, 6) is -0.0634. The molecular formula is C15H23N3OS. The molecule has 0 fully saturated rings. The molecule has 0 bridgehead atoms. The lowest BCUT2D eigenvalue weighted by Crippen LogP contribution is -2.43. The molecule has 4 nitrogen and oxygen atoms in total. The molecule has 0 spiro atoms. The molecule has 0 aliphatic heterocycles. The van der Waals surface area contributed by atoms with Crippen molar-refractivity contribution in [3.05, 3.63) is 29.8 Å². The average Bonchev–Trinajstić information content (AvgIpc) is 2.45. The van der Waals surface area contributed by atoms with Crippen LogP contribution in [0.2, 0.25) is 0 Å². The minimum Gasteiger partial charge on any atom is -0.331 e. The van der Waals surface area contributed by atoms with Crippen molar-refractivity contribution < 1.29 is 4.79 Å². The van der Waals surface area contributed by atoms with Gasteiger partial charge in [0.05, 0.1) is 0 Å². The summed E-state index contributed by atoms with van der Waals surface area (Å²) in [6.45, 7) is 4.14. The van der Waals surface area contributed by atoms with Crippen LogP contribution in [0.1, 0.15) is 45.1 Å². The Labute approximate surface area is 126 Å². The van der Waals surface area contributed by atoms with Gasteiger partial charge >= 0.3 is 0 Å². The van der Waals surface area contributed by atoms with Gasteiger partial charge in [-0.3, -0.25) is 15.6 Å². The molecule has 0 aliphatic carbocycles. The highest BCUT2D eigenvalue weighted by molar-refractivity contribution is 7.80. The number of carbonyl (C=O) groups is 1. The maximum atomic E-state index is 11.3. The van der Waals surface area contributed by atoms with Crippen LogP contribution in [0.5, 0.6) is 0 Å². The van der Waals surface area contributed by atoms with Crippen LogP contribution in [0.25, 0.3) is 0 Å². The van der Waals surface area contributed by atoms with E-state index in [0.29, 0.717) is 11.5 Å². The van der Waals surface area contributed by atoms with E-state index >= 15 is 0 Å². The van der Waals surface area contributed by atoms with E-state index in [9.17, 15) is 4.79 Å². The third-order valence-electron chi connectivity index (χ3n) is 2.82. The number of aryl methyl sites for hydroxylation is 1. The molecule has 0 saturated heterocycles. The fraction of sp³-hybridized carbons (Fsp3) is 0.467. The molecule has 0 aromatic heterocycles. The summed E-state index contributed by atoms with van der Waals surface area (Å²) in [5, 5.41) is 3.41. The molecule has 5 heteroatoms. The van der Waals surface area contributed by atoms with E-state index in [1.165, 1.54) is 18.4 Å². The number of benzene rings is 1. The van der Waals surface area contributed by atoms with Crippen molar-refractivity contribution in [3.8, 4) is 0 Å². The highest BCUT2D eigenvalue weighted by Gasteiger charge is 2.01. The molecule has 110 valence electrons. The fourth-order valence-electron chi connectivity index (χ4n) is 1.71. The molecular weight excluding hydrogens is 270 g/mol. The second kappa shape index (κ2) is 9.31. The number of unbranched alkanes of at least 4 members (excludes halogenated alkanes) is 1. The van der Waals surface area contributed by atoms with E-state index in [-0.39, 0.29) is 5.91 Å². The van der Waals surface area contributed by atoms with Crippen molar-refractivity contribution in [2.24, 2.45) is 0 Å². The number of anilines is 1. The number of thiocarbonyl (C=S) groups is 1. The van der Waals surface area contributed by atoms with Crippen molar-refractivity contribution in [1.82, 2.24) is 10.9 Å². The molecule has 0 unspecified atom stereocenters. The van der Waals surface area contributed by atoms with Gasteiger partial charge in [0.25, 0.3) is 0 Å². The van der Waals surface area contributed by atoms with E-state index in [2.05, 4.69) is 35.2 Å². The summed E-state index contributed by atoms with van der Waals surface area (Å²) < 4.78 is 0. The Morgan fingerprint density at radius 2 is 1.80 bits per heavy atom. The summed E-state index contributed by atoms with van der Waals surface area (Å²) in [6.07, 6.45) is 4.81. The molecule has 0 atom stereocenters. The first kappa shape index (κ1) is 16.4. The lowest BCUT2D eigenvalue weighted by atomic mass is 10.1. The third-order valence-corrected chi connectivity index (χ3v) is 3.03. The zero-order chi connectivity index (χ0) is 14.8. The monoisotopic (exact) mass is 293 g/mol. The second-order valence-electron chi connectivity index (χ2n) is 4.68. The number of amides is 1. The van der Waals surface area contributed by atoms with Gasteiger partial charge < -0.3 is 5.32 Å². The first-order chi connectivity index (χ1) is 9.65. The smallest absolute Gasteiger partial charge is 0.238 e. The molecule has 1 aromatic rings. The highest BCUT2D eigenvalue weighted by Crippen LogP contribution is 2.11. The predicted octanol–water partition coefficient (Wildman–Crippen LogP) is 3.15. The van der Waals surface area contributed by atoms with Crippen molar-refractivity contribution in [2.75, 3.05) is 5.32 Å². The third kappa shape index (κ3) is 6.52. The molecule has 1 aromatic carbocycles. The average molecular weight is 293 g/mol. The molecule has 1 amide bonds. The molecule has 0 aliphatic rings. The van der Waals surface area contributed by atoms with E-state index in [4.69, 9.17) is 12.2 Å². The molecule has 0 heterocycles. The van der Waals surface area contributed by atoms with Crippen molar-refractivity contribution in [3.63, 3.8) is 0 Å². The standard InChI is InChI=1S/C15H23N3OS/c1-3-5-7-12-8-10-13(11-9-12)16-15(20)18-17-14(19)6-4-2/h8-11H,3-7H2,1-2H3,(H,17,19)(H2,16,18,20). The molecule has 20 heavy (non-hydrogen) atoms. The van der Waals surface area contributed by atoms with Gasteiger partial charge in [0.15, 0.2) is 5.11 Å². The largest absolute Gasteiger partial charge is 0.331 e. The van der Waals surface area contributed by atoms with Crippen molar-refractivity contribution in [1.29, 1.82) is 0 Å². The van der Waals surface area contributed by atoms with Gasteiger partial charge in [-0.25, -0.2) is 0 Å². The van der Waals surface area contributed by atoms with Gasteiger partial charge in [0, 0.05) is 12.1 Å². The second-order valence-corrected chi connectivity index (χ2v) is 5.09. The Kier molecular flexibility index (Phi) is 7.65. The molecule has 0 saturated carbocycles. The summed E-state index contributed by atoms with van der Waals surface area (Å²) in [6, 6.07) is 8.17. The van der Waals surface area contributed by atoms with Gasteiger partial charge in [-0.05, 0) is 49.2 Å². The lowest BCUT2D eigenvalue weighted by molar-refractivity contribution is -0.121. The van der Waals surface area contributed by atoms with E-state index in [1.54, 1.807) is 0 Å². The number of rotatable bonds is 6. The van der Waals surface area contributed by atoms with E-state index < -0.39 is 0 Å². The van der Waals surface area contributed by atoms with E-state index in [1.807, 2.05) is 19.1 Å². The SMILES string of the molecule is CCCCc1ccc(NC(=S)NNC(=O)CCC)cc1. The summed E-state index contributed by atoms with van der Waals surface area (Å²) in [5.41, 5.74) is 7.47. The molecule has 0 radical (unpaired) electrons. The van der Waals surface area contributed by atoms with Crippen molar-refractivity contribution in [2.45, 2.75) is 46.0 Å². The first-order valence-corrected chi connectivity index (χ1v) is 7.51. The minimum absolute atomic E-state index is 0.0634. The van der Waals surface area contributed by atoms with Gasteiger partial charge in [-0.1, -0.05) is 32.4 Å². The first-order valence-electron chi connectivity index (χ1n) is 7.10. The zero-order valence-electron chi connectivity index (χ0n) is 12.2. The Bertz CT molecular complexity index is 431. The summed E-state index contributed by atoms with van der Waals surface area (Å²) in [4.78, 5) is 11.3. The Balaban J connectivity index is 2.36. The van der Waals surface area contributed by atoms with Crippen LogP contribution in [0.4, 0.5) is 5.69 Å². The minimum atomic E-state index is -0.0634. The normalized spacial score (nSPS) is 9.90. The maximum absolute atomic E-state index is 11.3. The Morgan fingerprint density at radius 3 is 2.40 bits per heavy atom. The molecule has 3 N–H and O–H groups in total. The quantitative estimate of drug-likeness (QED) is 0.557. The van der Waals surface area contributed by atoms with Crippen LogP contribution < -0.4 is 16.2 Å². The van der Waals surface area contributed by atoms with Crippen LogP contribution >= 0.6 is 12.2 Å². The van der Waals surface area contributed by atoms with Crippen LogP contribution in [-0.4, -0.2) is 11.0 Å². The van der Waals surface area contributed by atoms with Crippen molar-refractivity contribution >= 4 is 28.9 Å². The number of hydrazine groups is 1. The van der Waals surface area contributed by atoms with Crippen LogP contribution in [0.15, 0.2) is 24.3 Å². The number of hydrogen-bond acceptors (Lipinski definition) is 2. The van der Waals surface area contributed by atoms with E-state index in [0.717, 1.165) is 18.5 Å². The van der Waals surface area contributed by atoms with Crippen LogP contribution in [-0.2, 0) is 11.2 Å². The lowest BCUT2D eigenvalue weighted by Gasteiger charge is -2.11. The van der Waals surface area contributed by atoms with Gasteiger partial charge in [-0.15, -0.1) is 0 Å². The topological polar surface area (TPSA) is 53.2 Å². The summed E-state index contributed by atoms with van der Waals surface area (Å²) in [7, 11) is 0. The van der Waals surface area contributed by atoms with Gasteiger partial charge in [-0.2, -0.15) is 0 Å². The zero-order valence-corrected chi connectivity index (χ0v) is 13.0. The predicted molar refractivity (Wildman–Crippen MR) is 87.5 cm³/mol. The van der Waals surface area contributed by atoms with Crippen LogP contribution in [0.3, 0.4) is 0 Å². The maximum Gasteiger partial charge on any atom is 0.238 e. The fourth-order valence-corrected chi connectivity index (χ4v) is 1.88.